The van der Waals surface area contributed by atoms with Crippen molar-refractivity contribution in [3.8, 4) is 0 Å². The second kappa shape index (κ2) is 4.80. The van der Waals surface area contributed by atoms with E-state index in [4.69, 9.17) is 0 Å². The fourth-order valence-electron chi connectivity index (χ4n) is 2.86. The largest absolute Gasteiger partial charge is 0.317 e. The highest BCUT2D eigenvalue weighted by Gasteiger charge is 2.31. The third-order valence-corrected chi connectivity index (χ3v) is 3.94. The molecule has 0 aromatic heterocycles. The molecule has 0 heterocycles. The van der Waals surface area contributed by atoms with E-state index in [1.165, 1.54) is 24.8 Å². The molecule has 0 amide bonds. The van der Waals surface area contributed by atoms with Gasteiger partial charge >= 0.3 is 0 Å². The Labute approximate surface area is 92.9 Å². The topological polar surface area (TPSA) is 12.0 Å². The van der Waals surface area contributed by atoms with Crippen molar-refractivity contribution in [1.82, 2.24) is 5.32 Å². The zero-order chi connectivity index (χ0) is 10.7. The van der Waals surface area contributed by atoms with E-state index in [2.05, 4.69) is 49.6 Å². The average molecular weight is 203 g/mol. The Bertz CT molecular complexity index is 293. The summed E-state index contributed by atoms with van der Waals surface area (Å²) in [5.41, 5.74) is 1.49. The molecule has 3 unspecified atom stereocenters. The summed E-state index contributed by atoms with van der Waals surface area (Å²) < 4.78 is 0. The summed E-state index contributed by atoms with van der Waals surface area (Å²) in [5, 5.41) is 3.43. The van der Waals surface area contributed by atoms with E-state index in [0.29, 0.717) is 0 Å². The van der Waals surface area contributed by atoms with Gasteiger partial charge in [-0.25, -0.2) is 0 Å². The fraction of sp³-hybridized carbons (Fsp3) is 0.571. The second-order valence-electron chi connectivity index (χ2n) is 4.78. The molecule has 1 fully saturated rings. The first-order chi connectivity index (χ1) is 7.31. The predicted octanol–water partition coefficient (Wildman–Crippen LogP) is 2.86. The molecule has 15 heavy (non-hydrogen) atoms. The lowest BCUT2D eigenvalue weighted by atomic mass is 9.90. The minimum absolute atomic E-state index is 0.735. The molecule has 2 rings (SSSR count). The quantitative estimate of drug-likeness (QED) is 0.796. The smallest absolute Gasteiger partial charge is 0.00925 e. The van der Waals surface area contributed by atoms with Crippen molar-refractivity contribution >= 4 is 0 Å². The van der Waals surface area contributed by atoms with Crippen LogP contribution in [0.25, 0.3) is 0 Å². The third-order valence-electron chi connectivity index (χ3n) is 3.94. The van der Waals surface area contributed by atoms with Crippen LogP contribution in [0.3, 0.4) is 0 Å². The maximum atomic E-state index is 3.43. The molecule has 1 aromatic carbocycles. The molecule has 1 saturated carbocycles. The van der Waals surface area contributed by atoms with Gasteiger partial charge in [-0.1, -0.05) is 37.3 Å². The van der Waals surface area contributed by atoms with E-state index >= 15 is 0 Å². The van der Waals surface area contributed by atoms with Crippen molar-refractivity contribution in [2.45, 2.75) is 32.2 Å². The van der Waals surface area contributed by atoms with E-state index < -0.39 is 0 Å². The van der Waals surface area contributed by atoms with Gasteiger partial charge in [0.1, 0.15) is 0 Å². The lowest BCUT2D eigenvalue weighted by Gasteiger charge is -2.20. The van der Waals surface area contributed by atoms with Crippen molar-refractivity contribution in [2.24, 2.45) is 11.8 Å². The van der Waals surface area contributed by atoms with Crippen molar-refractivity contribution in [2.75, 3.05) is 7.05 Å². The molecular formula is C14H21N. The maximum Gasteiger partial charge on any atom is 0.00925 e. The summed E-state index contributed by atoms with van der Waals surface area (Å²) >= 11 is 0. The molecule has 0 aliphatic heterocycles. The molecule has 1 aliphatic carbocycles. The van der Waals surface area contributed by atoms with Gasteiger partial charge in [-0.3, -0.25) is 0 Å². The SMILES string of the molecule is CNC1CCC(Cc2ccccc2)C1C. The van der Waals surface area contributed by atoms with Gasteiger partial charge in [0.15, 0.2) is 0 Å². The zero-order valence-corrected chi connectivity index (χ0v) is 9.74. The van der Waals surface area contributed by atoms with Crippen LogP contribution in [-0.4, -0.2) is 13.1 Å². The Morgan fingerprint density at radius 1 is 1.20 bits per heavy atom. The van der Waals surface area contributed by atoms with Gasteiger partial charge < -0.3 is 5.32 Å². The molecule has 1 aliphatic rings. The van der Waals surface area contributed by atoms with E-state index in [-0.39, 0.29) is 0 Å². The zero-order valence-electron chi connectivity index (χ0n) is 9.74. The average Bonchev–Trinajstić information content (AvgIpc) is 2.62. The summed E-state index contributed by atoms with van der Waals surface area (Å²) in [7, 11) is 2.09. The van der Waals surface area contributed by atoms with Gasteiger partial charge in [-0.15, -0.1) is 0 Å². The van der Waals surface area contributed by atoms with Gasteiger partial charge in [-0.05, 0) is 43.7 Å². The predicted molar refractivity (Wildman–Crippen MR) is 64.9 cm³/mol. The van der Waals surface area contributed by atoms with Crippen molar-refractivity contribution < 1.29 is 0 Å². The van der Waals surface area contributed by atoms with Crippen LogP contribution in [0.15, 0.2) is 30.3 Å². The van der Waals surface area contributed by atoms with Gasteiger partial charge in [0.05, 0.1) is 0 Å². The van der Waals surface area contributed by atoms with E-state index in [1.54, 1.807) is 0 Å². The van der Waals surface area contributed by atoms with Gasteiger partial charge in [0, 0.05) is 6.04 Å². The molecule has 1 nitrogen and oxygen atoms in total. The molecule has 0 bridgehead atoms. The van der Waals surface area contributed by atoms with Crippen LogP contribution in [0.5, 0.6) is 0 Å². The Hall–Kier alpha value is -0.820. The highest BCUT2D eigenvalue weighted by atomic mass is 14.9. The number of nitrogens with one attached hydrogen (secondary N) is 1. The van der Waals surface area contributed by atoms with Crippen molar-refractivity contribution in [1.29, 1.82) is 0 Å². The van der Waals surface area contributed by atoms with Crippen LogP contribution in [0, 0.1) is 11.8 Å². The summed E-state index contributed by atoms with van der Waals surface area (Å²) in [5.74, 6) is 1.68. The first-order valence-corrected chi connectivity index (χ1v) is 6.02. The van der Waals surface area contributed by atoms with Crippen LogP contribution in [0.1, 0.15) is 25.3 Å². The van der Waals surface area contributed by atoms with E-state index in [0.717, 1.165) is 17.9 Å². The van der Waals surface area contributed by atoms with Gasteiger partial charge in [0.2, 0.25) is 0 Å². The van der Waals surface area contributed by atoms with Gasteiger partial charge in [-0.2, -0.15) is 0 Å². The van der Waals surface area contributed by atoms with Crippen LogP contribution in [-0.2, 0) is 6.42 Å². The molecule has 1 N–H and O–H groups in total. The molecule has 1 heteroatoms. The molecule has 0 spiro atoms. The highest BCUT2D eigenvalue weighted by Crippen LogP contribution is 2.33. The summed E-state index contributed by atoms with van der Waals surface area (Å²) in [6.07, 6.45) is 3.97. The summed E-state index contributed by atoms with van der Waals surface area (Å²) in [6.45, 7) is 2.39. The third kappa shape index (κ3) is 2.40. The first-order valence-electron chi connectivity index (χ1n) is 6.02. The Morgan fingerprint density at radius 2 is 1.93 bits per heavy atom. The molecule has 0 radical (unpaired) electrons. The standard InChI is InChI=1S/C14H21N/c1-11-13(8-9-14(11)15-2)10-12-6-4-3-5-7-12/h3-7,11,13-15H,8-10H2,1-2H3. The summed E-state index contributed by atoms with van der Waals surface area (Å²) in [4.78, 5) is 0. The van der Waals surface area contributed by atoms with Crippen LogP contribution in [0.4, 0.5) is 0 Å². The monoisotopic (exact) mass is 203 g/mol. The molecule has 82 valence electrons. The second-order valence-corrected chi connectivity index (χ2v) is 4.78. The summed E-state index contributed by atoms with van der Waals surface area (Å²) in [6, 6.07) is 11.6. The van der Waals surface area contributed by atoms with Crippen LogP contribution < -0.4 is 5.32 Å². The highest BCUT2D eigenvalue weighted by molar-refractivity contribution is 5.15. The molecular weight excluding hydrogens is 182 g/mol. The first kappa shape index (κ1) is 10.7. The minimum Gasteiger partial charge on any atom is -0.317 e. The van der Waals surface area contributed by atoms with E-state index in [9.17, 15) is 0 Å². The molecule has 3 atom stereocenters. The van der Waals surface area contributed by atoms with Crippen LogP contribution in [0.2, 0.25) is 0 Å². The van der Waals surface area contributed by atoms with Crippen molar-refractivity contribution in [3.05, 3.63) is 35.9 Å². The number of rotatable bonds is 3. The Balaban J connectivity index is 1.96. The number of benzene rings is 1. The van der Waals surface area contributed by atoms with Gasteiger partial charge in [0.25, 0.3) is 0 Å². The van der Waals surface area contributed by atoms with Crippen molar-refractivity contribution in [3.63, 3.8) is 0 Å². The fourth-order valence-corrected chi connectivity index (χ4v) is 2.86. The normalized spacial score (nSPS) is 30.7. The maximum absolute atomic E-state index is 3.43. The number of hydrogen-bond donors (Lipinski definition) is 1. The molecule has 1 aromatic rings. The lowest BCUT2D eigenvalue weighted by Crippen LogP contribution is -2.29. The number of hydrogen-bond acceptors (Lipinski definition) is 1. The van der Waals surface area contributed by atoms with Crippen LogP contribution >= 0.6 is 0 Å². The minimum atomic E-state index is 0.735. The van der Waals surface area contributed by atoms with E-state index in [1.807, 2.05) is 0 Å². The lowest BCUT2D eigenvalue weighted by molar-refractivity contribution is 0.364. The Morgan fingerprint density at radius 3 is 2.53 bits per heavy atom. The molecule has 0 saturated heterocycles. The Kier molecular flexibility index (Phi) is 3.42.